The standard InChI is InChI=1S/C17H14O4S/c18-12-16-15-9-5-4-6-13(15)10-11-17(16)21-22(19,20)14-7-2-1-3-8-14/h1-11,18H,12H2. The van der Waals surface area contributed by atoms with Gasteiger partial charge in [0.15, 0.2) is 0 Å². The second kappa shape index (κ2) is 5.79. The summed E-state index contributed by atoms with van der Waals surface area (Å²) >= 11 is 0. The maximum absolute atomic E-state index is 12.3. The summed E-state index contributed by atoms with van der Waals surface area (Å²) in [6, 6.07) is 18.7. The Balaban J connectivity index is 2.08. The number of aliphatic hydroxyl groups excluding tert-OH is 1. The molecule has 0 aliphatic rings. The minimum atomic E-state index is -3.93. The van der Waals surface area contributed by atoms with Crippen molar-refractivity contribution >= 4 is 20.9 Å². The van der Waals surface area contributed by atoms with E-state index in [0.717, 1.165) is 10.8 Å². The molecule has 0 aromatic heterocycles. The molecule has 0 saturated heterocycles. The highest BCUT2D eigenvalue weighted by atomic mass is 32.2. The SMILES string of the molecule is O=S(=O)(Oc1ccc2ccccc2c1CO)c1ccccc1. The van der Waals surface area contributed by atoms with E-state index < -0.39 is 10.1 Å². The predicted molar refractivity (Wildman–Crippen MR) is 84.1 cm³/mol. The highest BCUT2D eigenvalue weighted by Crippen LogP contribution is 2.30. The summed E-state index contributed by atoms with van der Waals surface area (Å²) in [4.78, 5) is 0.0760. The van der Waals surface area contributed by atoms with Gasteiger partial charge in [-0.1, -0.05) is 48.5 Å². The van der Waals surface area contributed by atoms with Crippen molar-refractivity contribution in [2.45, 2.75) is 11.5 Å². The Kier molecular flexibility index (Phi) is 3.83. The Morgan fingerprint density at radius 2 is 1.55 bits per heavy atom. The second-order valence-corrected chi connectivity index (χ2v) is 6.32. The molecule has 1 N–H and O–H groups in total. The molecule has 0 atom stereocenters. The van der Waals surface area contributed by atoms with Crippen LogP contribution in [0.25, 0.3) is 10.8 Å². The number of benzene rings is 3. The molecule has 3 aromatic carbocycles. The highest BCUT2D eigenvalue weighted by molar-refractivity contribution is 7.87. The van der Waals surface area contributed by atoms with Crippen LogP contribution in [0.1, 0.15) is 5.56 Å². The van der Waals surface area contributed by atoms with Crippen LogP contribution >= 0.6 is 0 Å². The van der Waals surface area contributed by atoms with Crippen LogP contribution in [0, 0.1) is 0 Å². The molecule has 0 saturated carbocycles. The van der Waals surface area contributed by atoms with Crippen molar-refractivity contribution in [3.63, 3.8) is 0 Å². The molecule has 22 heavy (non-hydrogen) atoms. The van der Waals surface area contributed by atoms with Gasteiger partial charge < -0.3 is 9.29 Å². The Hall–Kier alpha value is -2.37. The fourth-order valence-corrected chi connectivity index (χ4v) is 3.29. The van der Waals surface area contributed by atoms with E-state index in [2.05, 4.69) is 0 Å². The lowest BCUT2D eigenvalue weighted by molar-refractivity contribution is 0.280. The molecule has 0 unspecified atom stereocenters. The zero-order chi connectivity index (χ0) is 15.6. The predicted octanol–water partition coefficient (Wildman–Crippen LogP) is 3.10. The summed E-state index contributed by atoms with van der Waals surface area (Å²) in [6.07, 6.45) is 0. The molecule has 0 amide bonds. The van der Waals surface area contributed by atoms with E-state index in [-0.39, 0.29) is 17.3 Å². The van der Waals surface area contributed by atoms with Gasteiger partial charge in [0, 0.05) is 5.56 Å². The van der Waals surface area contributed by atoms with Crippen LogP contribution < -0.4 is 4.18 Å². The van der Waals surface area contributed by atoms with Crippen molar-refractivity contribution in [3.8, 4) is 5.75 Å². The summed E-state index contributed by atoms with van der Waals surface area (Å²) < 4.78 is 29.8. The van der Waals surface area contributed by atoms with Gasteiger partial charge in [0.2, 0.25) is 0 Å². The van der Waals surface area contributed by atoms with Crippen LogP contribution in [0.2, 0.25) is 0 Å². The van der Waals surface area contributed by atoms with E-state index >= 15 is 0 Å². The number of hydrogen-bond acceptors (Lipinski definition) is 4. The summed E-state index contributed by atoms with van der Waals surface area (Å²) in [6.45, 7) is -0.305. The van der Waals surface area contributed by atoms with Crippen molar-refractivity contribution in [2.75, 3.05) is 0 Å². The Morgan fingerprint density at radius 3 is 2.27 bits per heavy atom. The quantitative estimate of drug-likeness (QED) is 0.752. The molecule has 0 radical (unpaired) electrons. The van der Waals surface area contributed by atoms with E-state index in [1.165, 1.54) is 12.1 Å². The number of fused-ring (bicyclic) bond motifs is 1. The van der Waals surface area contributed by atoms with Crippen molar-refractivity contribution in [3.05, 3.63) is 72.3 Å². The summed E-state index contributed by atoms with van der Waals surface area (Å²) in [5, 5.41) is 11.3. The lowest BCUT2D eigenvalue weighted by Gasteiger charge is -2.12. The normalized spacial score (nSPS) is 11.5. The first-order valence-electron chi connectivity index (χ1n) is 6.73. The van der Waals surface area contributed by atoms with Gasteiger partial charge in [0.1, 0.15) is 10.6 Å². The molecule has 3 rings (SSSR count). The molecule has 4 nitrogen and oxygen atoms in total. The molecule has 0 aliphatic carbocycles. The average molecular weight is 314 g/mol. The van der Waals surface area contributed by atoms with Gasteiger partial charge in [0.25, 0.3) is 0 Å². The topological polar surface area (TPSA) is 63.6 Å². The van der Waals surface area contributed by atoms with Gasteiger partial charge in [0.05, 0.1) is 6.61 Å². The first-order valence-corrected chi connectivity index (χ1v) is 8.13. The number of rotatable bonds is 4. The first kappa shape index (κ1) is 14.6. The summed E-state index contributed by atoms with van der Waals surface area (Å²) in [7, 11) is -3.93. The molecule has 0 aliphatic heterocycles. The monoisotopic (exact) mass is 314 g/mol. The van der Waals surface area contributed by atoms with Gasteiger partial charge in [-0.3, -0.25) is 0 Å². The maximum atomic E-state index is 12.3. The van der Waals surface area contributed by atoms with E-state index in [0.29, 0.717) is 5.56 Å². The number of hydrogen-bond donors (Lipinski definition) is 1. The molecule has 112 valence electrons. The molecule has 0 bridgehead atoms. The lowest BCUT2D eigenvalue weighted by Crippen LogP contribution is -2.11. The second-order valence-electron chi connectivity index (χ2n) is 4.77. The van der Waals surface area contributed by atoms with E-state index in [4.69, 9.17) is 4.18 Å². The van der Waals surface area contributed by atoms with Gasteiger partial charge in [-0.05, 0) is 29.0 Å². The van der Waals surface area contributed by atoms with Gasteiger partial charge in [-0.25, -0.2) is 0 Å². The van der Waals surface area contributed by atoms with Crippen LogP contribution in [-0.2, 0) is 16.7 Å². The smallest absolute Gasteiger partial charge is 0.339 e. The van der Waals surface area contributed by atoms with Gasteiger partial charge in [-0.15, -0.1) is 0 Å². The molecular formula is C17H14O4S. The minimum Gasteiger partial charge on any atom is -0.392 e. The van der Waals surface area contributed by atoms with Crippen molar-refractivity contribution in [2.24, 2.45) is 0 Å². The first-order chi connectivity index (χ1) is 10.6. The van der Waals surface area contributed by atoms with Crippen LogP contribution in [0.15, 0.2) is 71.6 Å². The fourth-order valence-electron chi connectivity index (χ4n) is 2.31. The van der Waals surface area contributed by atoms with Crippen LogP contribution in [-0.4, -0.2) is 13.5 Å². The molecule has 0 spiro atoms. The Bertz CT molecular complexity index is 902. The molecule has 5 heteroatoms. The molecule has 0 heterocycles. The van der Waals surface area contributed by atoms with E-state index in [1.807, 2.05) is 24.3 Å². The van der Waals surface area contributed by atoms with Crippen molar-refractivity contribution < 1.29 is 17.7 Å². The highest BCUT2D eigenvalue weighted by Gasteiger charge is 2.19. The third-order valence-corrected chi connectivity index (χ3v) is 4.64. The minimum absolute atomic E-state index is 0.0760. The Labute approximate surface area is 128 Å². The molecule has 3 aromatic rings. The lowest BCUT2D eigenvalue weighted by atomic mass is 10.0. The van der Waals surface area contributed by atoms with Crippen LogP contribution in [0.5, 0.6) is 5.75 Å². The summed E-state index contributed by atoms with van der Waals surface area (Å²) in [5.74, 6) is 0.144. The molecule has 0 fully saturated rings. The third kappa shape index (κ3) is 2.68. The maximum Gasteiger partial charge on any atom is 0.339 e. The average Bonchev–Trinajstić information content (AvgIpc) is 2.55. The van der Waals surface area contributed by atoms with Crippen LogP contribution in [0.3, 0.4) is 0 Å². The third-order valence-electron chi connectivity index (χ3n) is 3.39. The Morgan fingerprint density at radius 1 is 0.864 bits per heavy atom. The summed E-state index contributed by atoms with van der Waals surface area (Å²) in [5.41, 5.74) is 0.456. The largest absolute Gasteiger partial charge is 0.392 e. The van der Waals surface area contributed by atoms with E-state index in [9.17, 15) is 13.5 Å². The zero-order valence-corrected chi connectivity index (χ0v) is 12.5. The van der Waals surface area contributed by atoms with Crippen LogP contribution in [0.4, 0.5) is 0 Å². The van der Waals surface area contributed by atoms with Gasteiger partial charge in [-0.2, -0.15) is 8.42 Å². The van der Waals surface area contributed by atoms with Crippen molar-refractivity contribution in [1.29, 1.82) is 0 Å². The zero-order valence-electron chi connectivity index (χ0n) is 11.6. The fraction of sp³-hybridized carbons (Fsp3) is 0.0588. The molecular weight excluding hydrogens is 300 g/mol. The van der Waals surface area contributed by atoms with Crippen molar-refractivity contribution in [1.82, 2.24) is 0 Å². The number of aliphatic hydroxyl groups is 1. The van der Waals surface area contributed by atoms with E-state index in [1.54, 1.807) is 30.3 Å². The van der Waals surface area contributed by atoms with Gasteiger partial charge >= 0.3 is 10.1 Å².